The molecule has 0 amide bonds. The first kappa shape index (κ1) is 25.8. The molecule has 1 saturated heterocycles. The van der Waals surface area contributed by atoms with E-state index in [1.165, 1.54) is 12.8 Å². The monoisotopic (exact) mass is 502 g/mol. The Morgan fingerprint density at radius 3 is 2.22 bits per heavy atom. The van der Waals surface area contributed by atoms with E-state index in [0.29, 0.717) is 49.9 Å². The van der Waals surface area contributed by atoms with Gasteiger partial charge in [-0.3, -0.25) is 0 Å². The second kappa shape index (κ2) is 11.2. The summed E-state index contributed by atoms with van der Waals surface area (Å²) in [7, 11) is 0. The molecule has 0 radical (unpaired) electrons. The Morgan fingerprint density at radius 1 is 0.833 bits per heavy atom. The maximum Gasteiger partial charge on any atom is 0.158 e. The van der Waals surface area contributed by atoms with Gasteiger partial charge in [-0.15, -0.1) is 0 Å². The van der Waals surface area contributed by atoms with Crippen LogP contribution in [0.3, 0.4) is 0 Å². The second-order valence-corrected chi connectivity index (χ2v) is 11.3. The second-order valence-electron chi connectivity index (χ2n) is 11.3. The fourth-order valence-corrected chi connectivity index (χ4v) is 6.66. The fourth-order valence-electron chi connectivity index (χ4n) is 6.66. The predicted molar refractivity (Wildman–Crippen MR) is 136 cm³/mol. The van der Waals surface area contributed by atoms with Crippen molar-refractivity contribution in [2.45, 2.75) is 83.7 Å². The van der Waals surface area contributed by atoms with Crippen LogP contribution in [0, 0.1) is 29.6 Å². The van der Waals surface area contributed by atoms with Crippen molar-refractivity contribution in [2.24, 2.45) is 29.6 Å². The summed E-state index contributed by atoms with van der Waals surface area (Å²) >= 11 is 0. The van der Waals surface area contributed by atoms with Crippen LogP contribution in [0.2, 0.25) is 0 Å². The van der Waals surface area contributed by atoms with E-state index in [2.05, 4.69) is 6.92 Å². The number of hydrogen-bond acceptors (Lipinski definition) is 1. The third kappa shape index (κ3) is 5.51. The summed E-state index contributed by atoms with van der Waals surface area (Å²) in [5.41, 5.74) is 2.06. The smallest absolute Gasteiger partial charge is 0.158 e. The maximum absolute atomic E-state index is 15.2. The van der Waals surface area contributed by atoms with Gasteiger partial charge < -0.3 is 4.74 Å². The SMILES string of the molecule is CCCC1CCC(C2=CCC(C3C=CC(CCC4=CCC(C5CO5)C(F)=C4F)=CC3)C(F)=C2F)CC1. The van der Waals surface area contributed by atoms with Crippen LogP contribution in [0.15, 0.2) is 70.4 Å². The number of hydrogen-bond donors (Lipinski definition) is 0. The van der Waals surface area contributed by atoms with E-state index >= 15 is 8.78 Å². The van der Waals surface area contributed by atoms with Crippen molar-refractivity contribution in [1.29, 1.82) is 0 Å². The van der Waals surface area contributed by atoms with Gasteiger partial charge in [0.05, 0.1) is 12.7 Å². The molecule has 4 atom stereocenters. The van der Waals surface area contributed by atoms with Gasteiger partial charge in [0.25, 0.3) is 0 Å². The molecule has 5 heteroatoms. The van der Waals surface area contributed by atoms with Crippen LogP contribution in [0.5, 0.6) is 0 Å². The summed E-state index contributed by atoms with van der Waals surface area (Å²) in [6.45, 7) is 2.71. The number of ether oxygens (including phenoxy) is 1. The molecule has 196 valence electrons. The van der Waals surface area contributed by atoms with Crippen molar-refractivity contribution in [3.05, 3.63) is 70.4 Å². The zero-order valence-corrected chi connectivity index (χ0v) is 21.3. The van der Waals surface area contributed by atoms with Crippen molar-refractivity contribution in [3.63, 3.8) is 0 Å². The molecule has 0 aromatic heterocycles. The van der Waals surface area contributed by atoms with Crippen LogP contribution in [-0.4, -0.2) is 12.7 Å². The first-order valence-electron chi connectivity index (χ1n) is 13.9. The molecule has 5 aliphatic rings. The highest BCUT2D eigenvalue weighted by molar-refractivity contribution is 5.38. The van der Waals surface area contributed by atoms with Gasteiger partial charge in [0, 0.05) is 11.8 Å². The first-order chi connectivity index (χ1) is 17.5. The highest BCUT2D eigenvalue weighted by Crippen LogP contribution is 2.46. The van der Waals surface area contributed by atoms with Crippen LogP contribution in [0.25, 0.3) is 0 Å². The third-order valence-corrected chi connectivity index (χ3v) is 9.02. The standard InChI is InChI=1S/C31H38F4O/c1-2-3-19-4-9-21(10-5-19)24-16-17-25(30(34)29(24)33)22-11-6-20(7-12-22)8-13-23-14-15-26(27-18-36-27)31(35)28(23)32/h6-7,11,14,16,19,21-22,25-27H,2-5,8-10,12-13,15,17-18H2,1H3. The Morgan fingerprint density at radius 2 is 1.56 bits per heavy atom. The number of rotatable bonds is 8. The number of epoxide rings is 1. The molecule has 2 fully saturated rings. The Labute approximate surface area is 212 Å². The van der Waals surface area contributed by atoms with Crippen LogP contribution in [0.1, 0.15) is 77.6 Å². The van der Waals surface area contributed by atoms with Gasteiger partial charge >= 0.3 is 0 Å². The number of allylic oxidation sites excluding steroid dienone is 11. The van der Waals surface area contributed by atoms with Gasteiger partial charge in [0.2, 0.25) is 0 Å². The first-order valence-corrected chi connectivity index (χ1v) is 13.9. The molecule has 0 bridgehead atoms. The molecule has 5 rings (SSSR count). The van der Waals surface area contributed by atoms with Gasteiger partial charge in [-0.1, -0.05) is 55.7 Å². The summed E-state index contributed by atoms with van der Waals surface area (Å²) in [5.74, 6) is -2.74. The lowest BCUT2D eigenvalue weighted by Crippen LogP contribution is -2.22. The molecule has 4 aliphatic carbocycles. The Kier molecular flexibility index (Phi) is 8.05. The van der Waals surface area contributed by atoms with E-state index in [0.717, 1.165) is 37.2 Å². The molecule has 1 aliphatic heterocycles. The van der Waals surface area contributed by atoms with E-state index in [9.17, 15) is 8.78 Å². The predicted octanol–water partition coefficient (Wildman–Crippen LogP) is 9.47. The van der Waals surface area contributed by atoms with Gasteiger partial charge in [-0.25, -0.2) is 17.6 Å². The summed E-state index contributed by atoms with van der Waals surface area (Å²) in [6, 6.07) is 0. The van der Waals surface area contributed by atoms with Crippen molar-refractivity contribution in [3.8, 4) is 0 Å². The van der Waals surface area contributed by atoms with Crippen molar-refractivity contribution in [2.75, 3.05) is 6.61 Å². The zero-order valence-electron chi connectivity index (χ0n) is 21.3. The van der Waals surface area contributed by atoms with Crippen LogP contribution >= 0.6 is 0 Å². The molecule has 4 unspecified atom stereocenters. The van der Waals surface area contributed by atoms with Gasteiger partial charge in [0.1, 0.15) is 11.7 Å². The Hall–Kier alpha value is -1.88. The molecular weight excluding hydrogens is 464 g/mol. The minimum atomic E-state index is -0.730. The molecule has 36 heavy (non-hydrogen) atoms. The molecule has 0 spiro atoms. The van der Waals surface area contributed by atoms with Crippen molar-refractivity contribution in [1.82, 2.24) is 0 Å². The highest BCUT2D eigenvalue weighted by Gasteiger charge is 2.39. The van der Waals surface area contributed by atoms with E-state index in [4.69, 9.17) is 4.74 Å². The summed E-state index contributed by atoms with van der Waals surface area (Å²) < 4.78 is 64.3. The summed E-state index contributed by atoms with van der Waals surface area (Å²) in [6.07, 6.45) is 18.8. The zero-order chi connectivity index (χ0) is 25.2. The Bertz CT molecular complexity index is 1020. The molecule has 0 aromatic carbocycles. The van der Waals surface area contributed by atoms with E-state index in [-0.39, 0.29) is 17.9 Å². The maximum atomic E-state index is 15.2. The minimum Gasteiger partial charge on any atom is -0.372 e. The Balaban J connectivity index is 1.13. The molecule has 1 heterocycles. The van der Waals surface area contributed by atoms with Crippen LogP contribution < -0.4 is 0 Å². The summed E-state index contributed by atoms with van der Waals surface area (Å²) in [5, 5.41) is 0. The van der Waals surface area contributed by atoms with Gasteiger partial charge in [-0.05, 0) is 86.7 Å². The van der Waals surface area contributed by atoms with E-state index in [1.807, 2.05) is 24.3 Å². The third-order valence-electron chi connectivity index (χ3n) is 9.02. The van der Waals surface area contributed by atoms with Crippen molar-refractivity contribution >= 4 is 0 Å². The normalized spacial score (nSPS) is 35.0. The van der Waals surface area contributed by atoms with Crippen LogP contribution in [0.4, 0.5) is 17.6 Å². The lowest BCUT2D eigenvalue weighted by atomic mass is 9.73. The average molecular weight is 503 g/mol. The van der Waals surface area contributed by atoms with E-state index in [1.54, 1.807) is 6.08 Å². The number of halogens is 4. The fraction of sp³-hybridized carbons (Fsp3) is 0.613. The van der Waals surface area contributed by atoms with Gasteiger partial charge in [-0.2, -0.15) is 0 Å². The van der Waals surface area contributed by atoms with Gasteiger partial charge in [0.15, 0.2) is 11.7 Å². The molecule has 0 N–H and O–H groups in total. The topological polar surface area (TPSA) is 12.5 Å². The lowest BCUT2D eigenvalue weighted by Gasteiger charge is -2.33. The lowest BCUT2D eigenvalue weighted by molar-refractivity contribution is 0.275. The van der Waals surface area contributed by atoms with Crippen molar-refractivity contribution < 1.29 is 22.3 Å². The average Bonchev–Trinajstić information content (AvgIpc) is 3.73. The minimum absolute atomic E-state index is 0.0835. The van der Waals surface area contributed by atoms with Crippen LogP contribution in [-0.2, 0) is 4.74 Å². The largest absolute Gasteiger partial charge is 0.372 e. The summed E-state index contributed by atoms with van der Waals surface area (Å²) in [4.78, 5) is 0. The molecular formula is C31H38F4O. The molecule has 1 saturated carbocycles. The molecule has 1 nitrogen and oxygen atoms in total. The molecule has 0 aromatic rings. The highest BCUT2D eigenvalue weighted by atomic mass is 19.2. The quantitative estimate of drug-likeness (QED) is 0.238. The van der Waals surface area contributed by atoms with E-state index < -0.39 is 35.1 Å².